The van der Waals surface area contributed by atoms with Gasteiger partial charge < -0.3 is 9.30 Å². The summed E-state index contributed by atoms with van der Waals surface area (Å²) in [6.07, 6.45) is -3.16. The highest BCUT2D eigenvalue weighted by molar-refractivity contribution is 5.76. The Kier molecular flexibility index (Phi) is 5.08. The molecule has 0 radical (unpaired) electrons. The maximum Gasteiger partial charge on any atom is 0.416 e. The Hall–Kier alpha value is -2.45. The fourth-order valence-electron chi connectivity index (χ4n) is 3.86. The van der Waals surface area contributed by atoms with Crippen molar-refractivity contribution in [2.24, 2.45) is 7.05 Å². The van der Waals surface area contributed by atoms with Crippen LogP contribution in [0.2, 0.25) is 0 Å². The van der Waals surface area contributed by atoms with E-state index in [0.717, 1.165) is 28.7 Å². The summed E-state index contributed by atoms with van der Waals surface area (Å²) >= 11 is 0. The van der Waals surface area contributed by atoms with E-state index in [2.05, 4.69) is 4.98 Å². The number of nitrogens with zero attached hydrogens (tertiary/aromatic N) is 3. The third-order valence-electron chi connectivity index (χ3n) is 5.15. The molecule has 2 aromatic carbocycles. The van der Waals surface area contributed by atoms with Gasteiger partial charge in [0.05, 0.1) is 35.1 Å². The van der Waals surface area contributed by atoms with Crippen LogP contribution < -0.4 is 0 Å². The second-order valence-corrected chi connectivity index (χ2v) is 7.58. The average Bonchev–Trinajstić information content (AvgIpc) is 3.00. The van der Waals surface area contributed by atoms with E-state index in [1.807, 2.05) is 41.6 Å². The molecule has 1 aliphatic rings. The van der Waals surface area contributed by atoms with Gasteiger partial charge in [0.1, 0.15) is 5.82 Å². The second kappa shape index (κ2) is 7.42. The molecule has 2 heterocycles. The van der Waals surface area contributed by atoms with Crippen molar-refractivity contribution in [3.8, 4) is 0 Å². The first kappa shape index (κ1) is 19.8. The van der Waals surface area contributed by atoms with Crippen LogP contribution in [0.4, 0.5) is 17.6 Å². The lowest BCUT2D eigenvalue weighted by atomic mass is 10.0. The number of benzene rings is 2. The standard InChI is InChI=1S/C21H21F4N3O/c1-13-9-28(10-14-5-16(21(23,24)25)8-17(22)6-14)11-20(29-13)15-3-4-18-19(7-15)27(2)12-26-18/h3-8,12-13,20H,9-11H2,1-2H3/t13-,20-/m1/s1. The number of halogens is 4. The Morgan fingerprint density at radius 3 is 2.69 bits per heavy atom. The van der Waals surface area contributed by atoms with Crippen molar-refractivity contribution in [1.82, 2.24) is 14.5 Å². The van der Waals surface area contributed by atoms with Gasteiger partial charge in [0.2, 0.25) is 0 Å². The fraction of sp³-hybridized carbons (Fsp3) is 0.381. The minimum absolute atomic E-state index is 0.105. The molecule has 0 bridgehead atoms. The highest BCUT2D eigenvalue weighted by Gasteiger charge is 2.32. The summed E-state index contributed by atoms with van der Waals surface area (Å²) in [5, 5.41) is 0. The van der Waals surface area contributed by atoms with Gasteiger partial charge >= 0.3 is 6.18 Å². The van der Waals surface area contributed by atoms with E-state index in [1.54, 1.807) is 6.33 Å². The zero-order valence-corrected chi connectivity index (χ0v) is 16.1. The Morgan fingerprint density at radius 2 is 1.93 bits per heavy atom. The van der Waals surface area contributed by atoms with Crippen LogP contribution in [0.5, 0.6) is 0 Å². The Morgan fingerprint density at radius 1 is 1.14 bits per heavy atom. The predicted octanol–water partition coefficient (Wildman–Crippen LogP) is 4.69. The minimum atomic E-state index is -4.57. The zero-order valence-electron chi connectivity index (χ0n) is 16.1. The fourth-order valence-corrected chi connectivity index (χ4v) is 3.86. The normalized spacial score (nSPS) is 21.0. The van der Waals surface area contributed by atoms with Gasteiger partial charge in [-0.2, -0.15) is 13.2 Å². The summed E-state index contributed by atoms with van der Waals surface area (Å²) in [7, 11) is 1.91. The van der Waals surface area contributed by atoms with Crippen LogP contribution >= 0.6 is 0 Å². The molecule has 4 nitrogen and oxygen atoms in total. The first-order chi connectivity index (χ1) is 13.7. The van der Waals surface area contributed by atoms with Crippen molar-refractivity contribution in [3.05, 3.63) is 65.2 Å². The van der Waals surface area contributed by atoms with E-state index < -0.39 is 17.6 Å². The van der Waals surface area contributed by atoms with Crippen LogP contribution in [0, 0.1) is 5.82 Å². The Bertz CT molecular complexity index is 1030. The first-order valence-electron chi connectivity index (χ1n) is 9.34. The molecule has 8 heteroatoms. The van der Waals surface area contributed by atoms with Gasteiger partial charge in [-0.15, -0.1) is 0 Å². The van der Waals surface area contributed by atoms with Crippen molar-refractivity contribution in [2.75, 3.05) is 13.1 Å². The number of hydrogen-bond donors (Lipinski definition) is 0. The quantitative estimate of drug-likeness (QED) is 0.590. The molecule has 0 aliphatic carbocycles. The topological polar surface area (TPSA) is 30.3 Å². The Labute approximate surface area is 165 Å². The summed E-state index contributed by atoms with van der Waals surface area (Å²) in [6, 6.07) is 8.61. The Balaban J connectivity index is 1.56. The van der Waals surface area contributed by atoms with E-state index in [-0.39, 0.29) is 18.8 Å². The molecular weight excluding hydrogens is 386 g/mol. The van der Waals surface area contributed by atoms with Gasteiger partial charge in [-0.25, -0.2) is 9.37 Å². The molecular formula is C21H21F4N3O. The number of morpholine rings is 1. The molecule has 1 aromatic heterocycles. The first-order valence-corrected chi connectivity index (χ1v) is 9.34. The number of hydrogen-bond acceptors (Lipinski definition) is 3. The molecule has 1 saturated heterocycles. The van der Waals surface area contributed by atoms with Gasteiger partial charge in [-0.1, -0.05) is 6.07 Å². The molecule has 29 heavy (non-hydrogen) atoms. The largest absolute Gasteiger partial charge is 0.416 e. The summed E-state index contributed by atoms with van der Waals surface area (Å²) in [4.78, 5) is 6.31. The van der Waals surface area contributed by atoms with Gasteiger partial charge in [0.15, 0.2) is 0 Å². The SMILES string of the molecule is C[C@@H]1CN(Cc2cc(F)cc(C(F)(F)F)c2)C[C@H](c2ccc3ncn(C)c3c2)O1. The predicted molar refractivity (Wildman–Crippen MR) is 101 cm³/mol. The number of ether oxygens (including phenoxy) is 1. The number of alkyl halides is 3. The van der Waals surface area contributed by atoms with E-state index >= 15 is 0 Å². The monoisotopic (exact) mass is 407 g/mol. The minimum Gasteiger partial charge on any atom is -0.368 e. The van der Waals surface area contributed by atoms with Gasteiger partial charge in [-0.3, -0.25) is 4.90 Å². The smallest absolute Gasteiger partial charge is 0.368 e. The molecule has 0 spiro atoms. The molecule has 0 N–H and O–H groups in total. The molecule has 0 unspecified atom stereocenters. The van der Waals surface area contributed by atoms with Gasteiger partial charge in [-0.05, 0) is 48.4 Å². The van der Waals surface area contributed by atoms with E-state index in [9.17, 15) is 17.6 Å². The van der Waals surface area contributed by atoms with Crippen LogP contribution in [0.25, 0.3) is 11.0 Å². The molecule has 1 fully saturated rings. The van der Waals surface area contributed by atoms with Crippen molar-refractivity contribution in [2.45, 2.75) is 31.9 Å². The summed E-state index contributed by atoms with van der Waals surface area (Å²) in [5.74, 6) is -0.880. The van der Waals surface area contributed by atoms with Crippen molar-refractivity contribution < 1.29 is 22.3 Å². The third-order valence-corrected chi connectivity index (χ3v) is 5.15. The van der Waals surface area contributed by atoms with Crippen LogP contribution in [-0.2, 0) is 24.5 Å². The average molecular weight is 407 g/mol. The number of aryl methyl sites for hydroxylation is 1. The molecule has 3 aromatic rings. The highest BCUT2D eigenvalue weighted by atomic mass is 19.4. The molecule has 0 amide bonds. The van der Waals surface area contributed by atoms with Gasteiger partial charge in [0, 0.05) is 26.7 Å². The number of aromatic nitrogens is 2. The highest BCUT2D eigenvalue weighted by Crippen LogP contribution is 2.32. The van der Waals surface area contributed by atoms with E-state index in [1.165, 1.54) is 0 Å². The molecule has 0 saturated carbocycles. The summed E-state index contributed by atoms with van der Waals surface area (Å²) in [6.45, 7) is 3.21. The third kappa shape index (κ3) is 4.28. The number of imidazole rings is 1. The van der Waals surface area contributed by atoms with Crippen LogP contribution in [0.3, 0.4) is 0 Å². The summed E-state index contributed by atoms with van der Waals surface area (Å²) in [5.41, 5.74) is 2.18. The zero-order chi connectivity index (χ0) is 20.8. The van der Waals surface area contributed by atoms with Crippen molar-refractivity contribution in [3.63, 3.8) is 0 Å². The molecule has 154 valence electrons. The molecule has 2 atom stereocenters. The number of rotatable bonds is 3. The van der Waals surface area contributed by atoms with E-state index in [4.69, 9.17) is 4.74 Å². The van der Waals surface area contributed by atoms with E-state index in [0.29, 0.717) is 24.7 Å². The summed E-state index contributed by atoms with van der Waals surface area (Å²) < 4.78 is 60.7. The van der Waals surface area contributed by atoms with Gasteiger partial charge in [0.25, 0.3) is 0 Å². The van der Waals surface area contributed by atoms with Crippen molar-refractivity contribution >= 4 is 11.0 Å². The second-order valence-electron chi connectivity index (χ2n) is 7.58. The van der Waals surface area contributed by atoms with Crippen LogP contribution in [-0.4, -0.2) is 33.6 Å². The van der Waals surface area contributed by atoms with Crippen molar-refractivity contribution in [1.29, 1.82) is 0 Å². The molecule has 4 rings (SSSR count). The lowest BCUT2D eigenvalue weighted by molar-refractivity contribution is -0.137. The van der Waals surface area contributed by atoms with Crippen LogP contribution in [0.15, 0.2) is 42.7 Å². The lowest BCUT2D eigenvalue weighted by Crippen LogP contribution is -2.42. The maximum atomic E-state index is 13.7. The number of fused-ring (bicyclic) bond motifs is 1. The van der Waals surface area contributed by atoms with Crippen LogP contribution in [0.1, 0.15) is 29.7 Å². The molecule has 1 aliphatic heterocycles. The maximum absolute atomic E-state index is 13.7. The lowest BCUT2D eigenvalue weighted by Gasteiger charge is -2.37.